The van der Waals surface area contributed by atoms with Crippen LogP contribution in [0.2, 0.25) is 0 Å². The smallest absolute Gasteiger partial charge is 0.239 e. The molecular weight excluding hydrogens is 316 g/mol. The minimum atomic E-state index is -1.86. The van der Waals surface area contributed by atoms with E-state index in [4.69, 9.17) is 5.48 Å². The third kappa shape index (κ3) is 3.51. The summed E-state index contributed by atoms with van der Waals surface area (Å²) >= 11 is 0. The molecule has 1 fully saturated rings. The fourth-order valence-corrected chi connectivity index (χ4v) is 2.67. The number of pyridine rings is 2. The Morgan fingerprint density at radius 1 is 1.32 bits per heavy atom. The summed E-state index contributed by atoms with van der Waals surface area (Å²) in [5.74, 6) is -0.256. The molecule has 4 heterocycles. The summed E-state index contributed by atoms with van der Waals surface area (Å²) < 4.78 is 33.4. The Morgan fingerprint density at radius 2 is 2.16 bits per heavy atom. The molecule has 0 aliphatic carbocycles. The lowest BCUT2D eigenvalue weighted by Crippen LogP contribution is -2.31. The average Bonchev–Trinajstić information content (AvgIpc) is 3.18. The normalized spacial score (nSPS) is 21.3. The van der Waals surface area contributed by atoms with Gasteiger partial charge in [0.1, 0.15) is 5.82 Å². The highest BCUT2D eigenvalue weighted by Gasteiger charge is 2.15. The predicted molar refractivity (Wildman–Crippen MR) is 96.0 cm³/mol. The Kier molecular flexibility index (Phi) is 3.09. The van der Waals surface area contributed by atoms with Crippen molar-refractivity contribution < 1.29 is 10.3 Å². The number of nitrogens with zero attached hydrogens (tertiary/aromatic N) is 5. The molecule has 0 saturated carbocycles. The van der Waals surface area contributed by atoms with Gasteiger partial charge in [-0.15, -0.1) is 0 Å². The van der Waals surface area contributed by atoms with E-state index in [9.17, 15) is 4.79 Å². The summed E-state index contributed by atoms with van der Waals surface area (Å²) in [5, 5.41) is 7.57. The Labute approximate surface area is 151 Å². The number of likely N-dealkylation sites (tertiary alicyclic amines) is 1. The van der Waals surface area contributed by atoms with Crippen molar-refractivity contribution in [2.45, 2.75) is 12.8 Å². The molecule has 0 unspecified atom stereocenters. The molecule has 1 saturated heterocycles. The van der Waals surface area contributed by atoms with Crippen LogP contribution in [-0.2, 0) is 11.8 Å². The van der Waals surface area contributed by atoms with Crippen molar-refractivity contribution in [1.82, 2.24) is 24.6 Å². The molecule has 7 heteroatoms. The molecule has 3 aromatic rings. The molecular formula is C18H20N6O. The van der Waals surface area contributed by atoms with E-state index < -0.39 is 25.4 Å². The maximum atomic E-state index is 12.4. The SMILES string of the molecule is [2H]C1([2H])CCC([2H])([2H])N1CC(=O)Nc1cc2nc(-c3cnn(C)c3)ccc2cn1. The van der Waals surface area contributed by atoms with Gasteiger partial charge >= 0.3 is 0 Å². The van der Waals surface area contributed by atoms with Crippen LogP contribution >= 0.6 is 0 Å². The van der Waals surface area contributed by atoms with Crippen LogP contribution in [0.3, 0.4) is 0 Å². The van der Waals surface area contributed by atoms with Gasteiger partial charge in [0.25, 0.3) is 0 Å². The lowest BCUT2D eigenvalue weighted by atomic mass is 10.2. The molecule has 25 heavy (non-hydrogen) atoms. The zero-order valence-electron chi connectivity index (χ0n) is 17.7. The average molecular weight is 340 g/mol. The van der Waals surface area contributed by atoms with Gasteiger partial charge in [0.15, 0.2) is 0 Å². The highest BCUT2D eigenvalue weighted by atomic mass is 16.2. The fourth-order valence-electron chi connectivity index (χ4n) is 2.67. The van der Waals surface area contributed by atoms with Gasteiger partial charge in [-0.2, -0.15) is 5.10 Å². The molecule has 1 N–H and O–H groups in total. The number of hydrogen-bond donors (Lipinski definition) is 1. The molecule has 4 rings (SSSR count). The molecule has 0 spiro atoms. The van der Waals surface area contributed by atoms with Crippen LogP contribution in [0.5, 0.6) is 0 Å². The monoisotopic (exact) mass is 340 g/mol. The van der Waals surface area contributed by atoms with Gasteiger partial charge in [-0.3, -0.25) is 14.4 Å². The minimum absolute atomic E-state index is 0.0442. The van der Waals surface area contributed by atoms with E-state index in [0.717, 1.165) is 21.5 Å². The van der Waals surface area contributed by atoms with Gasteiger partial charge < -0.3 is 5.32 Å². The van der Waals surface area contributed by atoms with Gasteiger partial charge in [-0.05, 0) is 38.0 Å². The van der Waals surface area contributed by atoms with Crippen LogP contribution in [0.25, 0.3) is 22.2 Å². The van der Waals surface area contributed by atoms with Crippen LogP contribution in [0.15, 0.2) is 36.8 Å². The topological polar surface area (TPSA) is 75.9 Å². The summed E-state index contributed by atoms with van der Waals surface area (Å²) in [5.41, 5.74) is 2.26. The van der Waals surface area contributed by atoms with Crippen molar-refractivity contribution in [2.75, 3.05) is 24.9 Å². The summed E-state index contributed by atoms with van der Waals surface area (Å²) in [7, 11) is 1.83. The summed E-state index contributed by atoms with van der Waals surface area (Å²) in [6, 6.07) is 5.40. The first-order chi connectivity index (χ1) is 13.6. The molecule has 1 aliphatic rings. The minimum Gasteiger partial charge on any atom is -0.310 e. The lowest BCUT2D eigenvalue weighted by molar-refractivity contribution is -0.117. The van der Waals surface area contributed by atoms with E-state index in [1.807, 2.05) is 25.4 Å². The van der Waals surface area contributed by atoms with Crippen molar-refractivity contribution in [2.24, 2.45) is 7.05 Å². The van der Waals surface area contributed by atoms with Crippen molar-refractivity contribution in [1.29, 1.82) is 0 Å². The van der Waals surface area contributed by atoms with Gasteiger partial charge in [0.2, 0.25) is 5.91 Å². The molecule has 0 bridgehead atoms. The molecule has 1 aliphatic heterocycles. The van der Waals surface area contributed by atoms with E-state index in [0.29, 0.717) is 5.52 Å². The van der Waals surface area contributed by atoms with Crippen LogP contribution in [0.1, 0.15) is 18.3 Å². The molecule has 1 amide bonds. The highest BCUT2D eigenvalue weighted by molar-refractivity contribution is 5.93. The number of rotatable bonds is 4. The number of carbonyl (C=O) groups is 1. The zero-order valence-corrected chi connectivity index (χ0v) is 13.7. The number of fused-ring (bicyclic) bond motifs is 1. The van der Waals surface area contributed by atoms with E-state index in [-0.39, 0.29) is 18.7 Å². The van der Waals surface area contributed by atoms with Crippen LogP contribution < -0.4 is 5.32 Å². The van der Waals surface area contributed by atoms with E-state index in [1.54, 1.807) is 23.1 Å². The number of aromatic nitrogens is 4. The van der Waals surface area contributed by atoms with Gasteiger partial charge in [0.05, 0.1) is 24.0 Å². The third-order valence-electron chi connectivity index (χ3n) is 3.87. The Bertz CT molecular complexity index is 1070. The first-order valence-electron chi connectivity index (χ1n) is 9.97. The van der Waals surface area contributed by atoms with Crippen LogP contribution in [0.4, 0.5) is 5.82 Å². The number of aryl methyl sites for hydroxylation is 1. The second-order valence-corrected chi connectivity index (χ2v) is 5.81. The summed E-state index contributed by atoms with van der Waals surface area (Å²) in [6.07, 6.45) is 5.26. The number of anilines is 1. The summed E-state index contributed by atoms with van der Waals surface area (Å²) in [6.45, 7) is -4.13. The number of hydrogen-bond acceptors (Lipinski definition) is 5. The van der Waals surface area contributed by atoms with Crippen molar-refractivity contribution in [3.05, 3.63) is 36.8 Å². The Morgan fingerprint density at radius 3 is 2.92 bits per heavy atom. The highest BCUT2D eigenvalue weighted by Crippen LogP contribution is 2.21. The standard InChI is InChI=1S/C18H20N6O/c1-23-11-14(10-20-23)15-5-4-13-9-19-17(8-16(13)21-15)22-18(25)12-24-6-2-3-7-24/h4-5,8-11H,2-3,6-7,12H2,1H3,(H,19,22,25)/i6D2,7D2. The zero-order chi connectivity index (χ0) is 20.8. The fraction of sp³-hybridized carbons (Fsp3) is 0.333. The van der Waals surface area contributed by atoms with Gasteiger partial charge in [-0.25, -0.2) is 9.97 Å². The molecule has 128 valence electrons. The van der Waals surface area contributed by atoms with Crippen molar-refractivity contribution in [3.8, 4) is 11.3 Å². The van der Waals surface area contributed by atoms with E-state index in [2.05, 4.69) is 20.4 Å². The molecule has 7 nitrogen and oxygen atoms in total. The van der Waals surface area contributed by atoms with Crippen molar-refractivity contribution >= 4 is 22.6 Å². The maximum Gasteiger partial charge on any atom is 0.239 e. The number of amides is 1. The van der Waals surface area contributed by atoms with E-state index in [1.165, 1.54) is 0 Å². The van der Waals surface area contributed by atoms with Crippen LogP contribution in [0, 0.1) is 0 Å². The number of nitrogens with one attached hydrogen (secondary N) is 1. The second kappa shape index (κ2) is 6.60. The molecule has 3 aromatic heterocycles. The van der Waals surface area contributed by atoms with Gasteiger partial charge in [0, 0.05) is 41.9 Å². The number of carbonyl (C=O) groups excluding carboxylic acids is 1. The maximum absolute atomic E-state index is 12.4. The first kappa shape index (κ1) is 11.7. The third-order valence-corrected chi connectivity index (χ3v) is 3.87. The lowest BCUT2D eigenvalue weighted by Gasteiger charge is -2.13. The largest absolute Gasteiger partial charge is 0.310 e. The second-order valence-electron chi connectivity index (χ2n) is 5.81. The van der Waals surface area contributed by atoms with Crippen LogP contribution in [-0.4, -0.2) is 50.1 Å². The summed E-state index contributed by atoms with van der Waals surface area (Å²) in [4.78, 5) is 22.2. The van der Waals surface area contributed by atoms with E-state index >= 15 is 0 Å². The first-order valence-corrected chi connectivity index (χ1v) is 7.97. The Balaban J connectivity index is 1.54. The molecule has 0 radical (unpaired) electrons. The van der Waals surface area contributed by atoms with Gasteiger partial charge in [-0.1, -0.05) is 0 Å². The molecule has 0 aromatic carbocycles. The predicted octanol–water partition coefficient (Wildman–Crippen LogP) is 2.06. The quantitative estimate of drug-likeness (QED) is 0.787. The molecule has 0 atom stereocenters. The Hall–Kier alpha value is -2.80. The van der Waals surface area contributed by atoms with Crippen molar-refractivity contribution in [3.63, 3.8) is 0 Å².